The molecule has 5 aromatic rings. The number of aliphatic hydroxyl groups excluding tert-OH is 1. The molecular weight excluding hydrogens is 801 g/mol. The third kappa shape index (κ3) is 9.73. The second-order valence-electron chi connectivity index (χ2n) is 16.2. The van der Waals surface area contributed by atoms with E-state index in [-0.39, 0.29) is 30.3 Å². The number of H-pyrrole nitrogens is 2. The second kappa shape index (κ2) is 19.4. The molecule has 0 radical (unpaired) electrons. The van der Waals surface area contributed by atoms with Crippen LogP contribution in [0.3, 0.4) is 0 Å². The number of rotatable bonds is 13. The Balaban J connectivity index is 1.05. The van der Waals surface area contributed by atoms with E-state index < -0.39 is 36.4 Å². The van der Waals surface area contributed by atoms with Crippen LogP contribution in [-0.4, -0.2) is 98.3 Å². The van der Waals surface area contributed by atoms with Gasteiger partial charge in [0.05, 0.1) is 56.2 Å². The number of carbonyl (C=O) groups is 4. The lowest BCUT2D eigenvalue weighted by atomic mass is 9.98. The predicted molar refractivity (Wildman–Crippen MR) is 240 cm³/mol. The zero-order valence-electron chi connectivity index (χ0n) is 36.1. The molecule has 0 aliphatic carbocycles. The van der Waals surface area contributed by atoms with E-state index in [2.05, 4.69) is 56.4 Å². The Kier molecular flexibility index (Phi) is 13.5. The van der Waals surface area contributed by atoms with Crippen molar-refractivity contribution in [3.63, 3.8) is 0 Å². The van der Waals surface area contributed by atoms with Gasteiger partial charge in [0.2, 0.25) is 5.91 Å². The number of aliphatic hydroxyl groups is 1. The van der Waals surface area contributed by atoms with Crippen LogP contribution in [0.15, 0.2) is 104 Å². The number of likely N-dealkylation sites (tertiary alicyclic amines) is 2. The maximum atomic E-state index is 13.9. The molecule has 4 heterocycles. The van der Waals surface area contributed by atoms with Crippen molar-refractivity contribution in [2.75, 3.05) is 27.3 Å². The van der Waals surface area contributed by atoms with Crippen LogP contribution < -0.4 is 10.6 Å². The highest BCUT2D eigenvalue weighted by Crippen LogP contribution is 2.36. The quantitative estimate of drug-likeness (QED) is 0.0750. The minimum Gasteiger partial charge on any atom is -0.453 e. The molecule has 2 fully saturated rings. The number of fused-ring (bicyclic) bond motifs is 1. The largest absolute Gasteiger partial charge is 0.453 e. The van der Waals surface area contributed by atoms with Gasteiger partial charge in [-0.3, -0.25) is 9.59 Å². The number of hydrogen-bond acceptors (Lipinski definition) is 9. The predicted octanol–water partition coefficient (Wildman–Crippen LogP) is 7.40. The Morgan fingerprint density at radius 3 is 2.29 bits per heavy atom. The number of imidazole rings is 2. The highest BCUT2D eigenvalue weighted by molar-refractivity contribution is 5.91. The number of carbonyl (C=O) groups excluding carboxylic acids is 4. The molecule has 0 unspecified atom stereocenters. The number of methoxy groups -OCH3 is 2. The standard InChI is InChI=1S/C48H54N8O7/c1-7-30(16-15-29(4)37-25-49-43(51-37)39-14-11-21-55(39)46(59)42(54-48(61)63-6)31-12-9-8-10-13-31)32-17-18-34-23-35(20-19-33(34)22-32)38-26-50-44(52-38)40-24-36(57)27-56(40)45(58)41(28(2)3)53-47(60)62-5/h7-10,12-13,15-20,22-23,25-26,28,36,39-42,57H,1,11,14,21,24,27H2,2-6H3,(H,49,51)(H,50,52)(H,53,60)(H,54,61)/b29-15+,30-16+/t36-,39-,40-,41-,42+/m0/s1. The van der Waals surface area contributed by atoms with Crippen molar-refractivity contribution in [2.45, 2.75) is 70.3 Å². The number of nitrogens with zero attached hydrogens (tertiary/aromatic N) is 4. The van der Waals surface area contributed by atoms with Gasteiger partial charge in [-0.15, -0.1) is 0 Å². The van der Waals surface area contributed by atoms with Gasteiger partial charge in [0, 0.05) is 25.1 Å². The van der Waals surface area contributed by atoms with Gasteiger partial charge in [-0.1, -0.05) is 93.3 Å². The fraction of sp³-hybridized carbons (Fsp3) is 0.333. The first kappa shape index (κ1) is 44.1. The van der Waals surface area contributed by atoms with Crippen LogP contribution in [-0.2, 0) is 19.1 Å². The number of allylic oxidation sites excluding steroid dienone is 5. The number of alkyl carbamates (subject to hydrolysis) is 2. The average Bonchev–Trinajstić information content (AvgIpc) is 4.14. The number of aromatic nitrogens is 4. The van der Waals surface area contributed by atoms with Gasteiger partial charge in [-0.05, 0) is 70.9 Å². The van der Waals surface area contributed by atoms with Crippen molar-refractivity contribution >= 4 is 45.9 Å². The molecule has 5 N–H and O–H groups in total. The Hall–Kier alpha value is -7.00. The lowest BCUT2D eigenvalue weighted by Crippen LogP contribution is -2.51. The summed E-state index contributed by atoms with van der Waals surface area (Å²) in [5, 5.41) is 18.0. The van der Waals surface area contributed by atoms with Crippen LogP contribution in [0.4, 0.5) is 9.59 Å². The molecule has 2 aromatic heterocycles. The minimum atomic E-state index is -0.896. The summed E-state index contributed by atoms with van der Waals surface area (Å²) < 4.78 is 9.57. The van der Waals surface area contributed by atoms with Crippen LogP contribution in [0.25, 0.3) is 33.2 Å². The first-order valence-corrected chi connectivity index (χ1v) is 21.1. The van der Waals surface area contributed by atoms with E-state index in [1.54, 1.807) is 22.2 Å². The van der Waals surface area contributed by atoms with Crippen molar-refractivity contribution < 1.29 is 33.8 Å². The van der Waals surface area contributed by atoms with Crippen molar-refractivity contribution in [1.82, 2.24) is 40.4 Å². The van der Waals surface area contributed by atoms with E-state index in [0.717, 1.165) is 57.3 Å². The number of benzene rings is 3. The Bertz CT molecular complexity index is 2540. The number of β-amino-alcohol motifs (C(OH)–C–C–N with tert-alkyl or cyclic N) is 1. The molecule has 3 aromatic carbocycles. The maximum Gasteiger partial charge on any atom is 0.407 e. The van der Waals surface area contributed by atoms with E-state index >= 15 is 0 Å². The van der Waals surface area contributed by atoms with Gasteiger partial charge in [0.25, 0.3) is 5.91 Å². The van der Waals surface area contributed by atoms with E-state index in [1.807, 2.05) is 81.5 Å². The molecular formula is C48H54N8O7. The van der Waals surface area contributed by atoms with Gasteiger partial charge in [-0.2, -0.15) is 0 Å². The van der Waals surface area contributed by atoms with Crippen LogP contribution in [0.2, 0.25) is 0 Å². The molecule has 0 bridgehead atoms. The van der Waals surface area contributed by atoms with Crippen LogP contribution in [0.1, 0.15) is 86.6 Å². The summed E-state index contributed by atoms with van der Waals surface area (Å²) >= 11 is 0. The molecule has 5 atom stereocenters. The third-order valence-electron chi connectivity index (χ3n) is 11.8. The van der Waals surface area contributed by atoms with E-state index in [9.17, 15) is 24.3 Å². The van der Waals surface area contributed by atoms with Gasteiger partial charge in [0.15, 0.2) is 0 Å². The molecule has 0 saturated carbocycles. The zero-order chi connectivity index (χ0) is 44.8. The molecule has 4 amide bonds. The SMILES string of the molecule is C=C/C(=C\C=C(/C)c1cnc([C@@H]2CCCN2C(=O)[C@H](NC(=O)OC)c2ccccc2)[nH]1)c1ccc2cc(-c3cnc([C@@H]4C[C@H](O)CN4C(=O)[C@@H](NC(=O)OC)C(C)C)[nH]3)ccc2c1. The normalized spacial score (nSPS) is 18.9. The van der Waals surface area contributed by atoms with Crippen LogP contribution >= 0.6 is 0 Å². The third-order valence-corrected chi connectivity index (χ3v) is 11.8. The van der Waals surface area contributed by atoms with Crippen molar-refractivity contribution in [3.8, 4) is 11.3 Å². The fourth-order valence-electron chi connectivity index (χ4n) is 8.32. The van der Waals surface area contributed by atoms with Gasteiger partial charge in [-0.25, -0.2) is 19.6 Å². The number of amides is 4. The fourth-order valence-corrected chi connectivity index (χ4v) is 8.32. The second-order valence-corrected chi connectivity index (χ2v) is 16.2. The number of hydrogen-bond donors (Lipinski definition) is 5. The molecule has 15 heteroatoms. The lowest BCUT2D eigenvalue weighted by Gasteiger charge is -2.29. The summed E-state index contributed by atoms with van der Waals surface area (Å²) in [6, 6.07) is 19.0. The molecule has 63 heavy (non-hydrogen) atoms. The minimum absolute atomic E-state index is 0.128. The highest BCUT2D eigenvalue weighted by Gasteiger charge is 2.41. The Labute approximate surface area is 366 Å². The van der Waals surface area contributed by atoms with E-state index in [4.69, 9.17) is 14.5 Å². The maximum absolute atomic E-state index is 13.9. The van der Waals surface area contributed by atoms with Crippen molar-refractivity contribution in [2.24, 2.45) is 5.92 Å². The van der Waals surface area contributed by atoms with Crippen molar-refractivity contribution in [3.05, 3.63) is 132 Å². The lowest BCUT2D eigenvalue weighted by molar-refractivity contribution is -0.136. The molecule has 15 nitrogen and oxygen atoms in total. The number of nitrogens with one attached hydrogen (secondary N) is 4. The average molecular weight is 855 g/mol. The molecule has 0 spiro atoms. The van der Waals surface area contributed by atoms with Gasteiger partial charge >= 0.3 is 12.2 Å². The Morgan fingerprint density at radius 1 is 0.857 bits per heavy atom. The highest BCUT2D eigenvalue weighted by atomic mass is 16.5. The molecule has 2 saturated heterocycles. The number of ether oxygens (including phenoxy) is 2. The van der Waals surface area contributed by atoms with Crippen LogP contribution in [0.5, 0.6) is 0 Å². The summed E-state index contributed by atoms with van der Waals surface area (Å²) in [6.45, 7) is 10.4. The Morgan fingerprint density at radius 2 is 1.56 bits per heavy atom. The first-order chi connectivity index (χ1) is 30.4. The summed E-state index contributed by atoms with van der Waals surface area (Å²) in [5.74, 6) is 0.497. The molecule has 7 rings (SSSR count). The summed E-state index contributed by atoms with van der Waals surface area (Å²) in [5.41, 5.74) is 6.03. The molecule has 328 valence electrons. The van der Waals surface area contributed by atoms with Gasteiger partial charge < -0.3 is 45.0 Å². The van der Waals surface area contributed by atoms with Gasteiger partial charge in [0.1, 0.15) is 23.7 Å². The summed E-state index contributed by atoms with van der Waals surface area (Å²) in [6.07, 6.45) is 9.11. The smallest absolute Gasteiger partial charge is 0.407 e. The zero-order valence-corrected chi connectivity index (χ0v) is 36.1. The molecule has 2 aliphatic heterocycles. The van der Waals surface area contributed by atoms with Crippen molar-refractivity contribution in [1.29, 1.82) is 0 Å². The summed E-state index contributed by atoms with van der Waals surface area (Å²) in [4.78, 5) is 71.3. The van der Waals surface area contributed by atoms with E-state index in [0.29, 0.717) is 30.2 Å². The first-order valence-electron chi connectivity index (χ1n) is 21.1. The van der Waals surface area contributed by atoms with Crippen LogP contribution in [0, 0.1) is 5.92 Å². The molecule has 2 aliphatic rings. The number of aromatic amines is 2. The monoisotopic (exact) mass is 854 g/mol. The topological polar surface area (TPSA) is 195 Å². The van der Waals surface area contributed by atoms with E-state index in [1.165, 1.54) is 14.2 Å². The summed E-state index contributed by atoms with van der Waals surface area (Å²) in [7, 11) is 2.53.